The number of rotatable bonds is 3. The number of imidazole rings is 1. The Bertz CT molecular complexity index is 1380. The molecule has 6 rings (SSSR count). The van der Waals surface area contributed by atoms with Gasteiger partial charge in [-0.1, -0.05) is 0 Å². The van der Waals surface area contributed by atoms with Gasteiger partial charge in [-0.2, -0.15) is 0 Å². The number of hydrogen-bond donors (Lipinski definition) is 2. The molecule has 5 heterocycles. The summed E-state index contributed by atoms with van der Waals surface area (Å²) >= 11 is 0. The van der Waals surface area contributed by atoms with Gasteiger partial charge in [0.2, 0.25) is 0 Å². The molecule has 9 heteroatoms. The molecule has 2 fully saturated rings. The summed E-state index contributed by atoms with van der Waals surface area (Å²) in [6.07, 6.45) is 8.89. The monoisotopic (exact) mass is 445 g/mol. The Balaban J connectivity index is 1.33. The van der Waals surface area contributed by atoms with Crippen LogP contribution in [0.3, 0.4) is 0 Å². The lowest BCUT2D eigenvalue weighted by Gasteiger charge is -2.36. The van der Waals surface area contributed by atoms with Crippen molar-refractivity contribution in [1.82, 2.24) is 24.7 Å². The standard InChI is InChI=1S/C24H24FN7O/c1-14-11-32-13-16(10-18(25)23(32)29-14)30-24(33)17-2-3-20(22-21(17)27-7-8-28-22)31-9-5-19-15(12-31)4-6-26-19/h2-3,7-8,10-11,13,15,19,26H,4-6,9,12H2,1H3,(H,30,33). The van der Waals surface area contributed by atoms with E-state index in [0.29, 0.717) is 39.9 Å². The highest BCUT2D eigenvalue weighted by Gasteiger charge is 2.33. The van der Waals surface area contributed by atoms with Gasteiger partial charge in [-0.05, 0) is 44.4 Å². The van der Waals surface area contributed by atoms with Gasteiger partial charge >= 0.3 is 0 Å². The van der Waals surface area contributed by atoms with E-state index >= 15 is 0 Å². The molecule has 2 aliphatic rings. The third kappa shape index (κ3) is 3.48. The normalized spacial score (nSPS) is 20.4. The predicted octanol–water partition coefficient (Wildman–Crippen LogP) is 3.17. The minimum atomic E-state index is -0.495. The number of aryl methyl sites for hydroxylation is 1. The molecule has 2 saturated heterocycles. The van der Waals surface area contributed by atoms with Gasteiger partial charge in [0.05, 0.1) is 22.6 Å². The van der Waals surface area contributed by atoms with Gasteiger partial charge in [0, 0.05) is 50.0 Å². The van der Waals surface area contributed by atoms with Crippen molar-refractivity contribution < 1.29 is 9.18 Å². The molecular weight excluding hydrogens is 421 g/mol. The van der Waals surface area contributed by atoms with Crippen molar-refractivity contribution in [1.29, 1.82) is 0 Å². The molecule has 2 atom stereocenters. The Morgan fingerprint density at radius 1 is 1.18 bits per heavy atom. The summed E-state index contributed by atoms with van der Waals surface area (Å²) in [5, 5.41) is 6.40. The number of halogens is 1. The second-order valence-electron chi connectivity index (χ2n) is 8.87. The van der Waals surface area contributed by atoms with E-state index in [4.69, 9.17) is 0 Å². The van der Waals surface area contributed by atoms with Crippen LogP contribution in [0.25, 0.3) is 16.7 Å². The van der Waals surface area contributed by atoms with Crippen molar-refractivity contribution in [2.45, 2.75) is 25.8 Å². The number of nitrogens with zero attached hydrogens (tertiary/aromatic N) is 5. The number of piperidine rings is 1. The van der Waals surface area contributed by atoms with Crippen molar-refractivity contribution in [3.63, 3.8) is 0 Å². The van der Waals surface area contributed by atoms with E-state index in [1.54, 1.807) is 42.2 Å². The summed E-state index contributed by atoms with van der Waals surface area (Å²) < 4.78 is 16.0. The van der Waals surface area contributed by atoms with Gasteiger partial charge in [-0.3, -0.25) is 14.8 Å². The molecule has 33 heavy (non-hydrogen) atoms. The molecule has 1 aromatic carbocycles. The van der Waals surface area contributed by atoms with E-state index in [1.807, 2.05) is 6.07 Å². The lowest BCUT2D eigenvalue weighted by Crippen LogP contribution is -2.44. The minimum absolute atomic E-state index is 0.229. The minimum Gasteiger partial charge on any atom is -0.369 e. The first-order valence-electron chi connectivity index (χ1n) is 11.2. The molecule has 0 aliphatic carbocycles. The maximum Gasteiger partial charge on any atom is 0.257 e. The van der Waals surface area contributed by atoms with Crippen LogP contribution in [0.1, 0.15) is 28.9 Å². The fraction of sp³-hybridized carbons (Fsp3) is 0.333. The summed E-state index contributed by atoms with van der Waals surface area (Å²) in [5.74, 6) is -0.225. The van der Waals surface area contributed by atoms with Crippen LogP contribution in [0.4, 0.5) is 15.8 Å². The van der Waals surface area contributed by atoms with Gasteiger partial charge in [0.25, 0.3) is 5.91 Å². The molecule has 2 aliphatic heterocycles. The summed E-state index contributed by atoms with van der Waals surface area (Å²) in [7, 11) is 0. The van der Waals surface area contributed by atoms with Crippen LogP contribution in [-0.2, 0) is 0 Å². The van der Waals surface area contributed by atoms with Crippen LogP contribution in [0, 0.1) is 18.7 Å². The highest BCUT2D eigenvalue weighted by atomic mass is 19.1. The predicted molar refractivity (Wildman–Crippen MR) is 124 cm³/mol. The molecular formula is C24H24FN7O. The number of benzene rings is 1. The van der Waals surface area contributed by atoms with Gasteiger partial charge in [0.1, 0.15) is 11.0 Å². The summed E-state index contributed by atoms with van der Waals surface area (Å²) in [4.78, 5) is 28.7. The SMILES string of the molecule is Cc1cn2cc(NC(=O)c3ccc(N4CCC5NCCC5C4)c4nccnc34)cc(F)c2n1. The van der Waals surface area contributed by atoms with E-state index in [2.05, 4.69) is 30.5 Å². The molecule has 2 N–H and O–H groups in total. The number of fused-ring (bicyclic) bond motifs is 3. The zero-order chi connectivity index (χ0) is 22.5. The molecule has 3 aromatic heterocycles. The number of aromatic nitrogens is 4. The molecule has 0 radical (unpaired) electrons. The van der Waals surface area contributed by atoms with Gasteiger partial charge in [0.15, 0.2) is 11.5 Å². The van der Waals surface area contributed by atoms with Gasteiger partial charge < -0.3 is 19.9 Å². The van der Waals surface area contributed by atoms with Crippen molar-refractivity contribution in [3.05, 3.63) is 60.1 Å². The van der Waals surface area contributed by atoms with E-state index in [-0.39, 0.29) is 11.6 Å². The molecule has 0 bridgehead atoms. The van der Waals surface area contributed by atoms with Crippen LogP contribution in [0.2, 0.25) is 0 Å². The van der Waals surface area contributed by atoms with Crippen LogP contribution in [0.5, 0.6) is 0 Å². The maximum atomic E-state index is 14.5. The Hall–Kier alpha value is -3.59. The molecule has 168 valence electrons. The fourth-order valence-corrected chi connectivity index (χ4v) is 5.19. The number of pyridine rings is 1. The average molecular weight is 446 g/mol. The molecule has 8 nitrogen and oxygen atoms in total. The zero-order valence-corrected chi connectivity index (χ0v) is 18.3. The maximum absolute atomic E-state index is 14.5. The number of hydrogen-bond acceptors (Lipinski definition) is 6. The Morgan fingerprint density at radius 2 is 2.03 bits per heavy atom. The van der Waals surface area contributed by atoms with E-state index < -0.39 is 5.82 Å². The largest absolute Gasteiger partial charge is 0.369 e. The Kier molecular flexibility index (Phi) is 4.72. The number of carbonyl (C=O) groups is 1. The number of nitrogens with one attached hydrogen (secondary N) is 2. The second kappa shape index (κ2) is 7.77. The van der Waals surface area contributed by atoms with Crippen molar-refractivity contribution >= 4 is 34.0 Å². The summed E-state index contributed by atoms with van der Waals surface area (Å²) in [6.45, 7) is 4.78. The average Bonchev–Trinajstić information content (AvgIpc) is 3.43. The van der Waals surface area contributed by atoms with Crippen LogP contribution >= 0.6 is 0 Å². The fourth-order valence-electron chi connectivity index (χ4n) is 5.19. The summed E-state index contributed by atoms with van der Waals surface area (Å²) in [5.41, 5.74) is 3.93. The first-order valence-corrected chi connectivity index (χ1v) is 11.2. The van der Waals surface area contributed by atoms with E-state index in [9.17, 15) is 9.18 Å². The zero-order valence-electron chi connectivity index (χ0n) is 18.3. The van der Waals surface area contributed by atoms with Crippen molar-refractivity contribution in [2.24, 2.45) is 5.92 Å². The highest BCUT2D eigenvalue weighted by molar-refractivity contribution is 6.13. The molecule has 0 saturated carbocycles. The lowest BCUT2D eigenvalue weighted by molar-refractivity contribution is 0.102. The van der Waals surface area contributed by atoms with E-state index in [1.165, 1.54) is 12.5 Å². The highest BCUT2D eigenvalue weighted by Crippen LogP contribution is 2.33. The van der Waals surface area contributed by atoms with Crippen LogP contribution < -0.4 is 15.5 Å². The second-order valence-corrected chi connectivity index (χ2v) is 8.87. The van der Waals surface area contributed by atoms with Crippen LogP contribution in [-0.4, -0.2) is 50.9 Å². The molecule has 4 aromatic rings. The first kappa shape index (κ1) is 20.0. The molecule has 1 amide bonds. The molecule has 0 spiro atoms. The Morgan fingerprint density at radius 3 is 2.91 bits per heavy atom. The topological polar surface area (TPSA) is 87.5 Å². The van der Waals surface area contributed by atoms with Crippen LogP contribution in [0.15, 0.2) is 43.0 Å². The lowest BCUT2D eigenvalue weighted by atomic mass is 9.93. The van der Waals surface area contributed by atoms with Crippen molar-refractivity contribution in [2.75, 3.05) is 29.9 Å². The van der Waals surface area contributed by atoms with E-state index in [0.717, 1.165) is 31.7 Å². The smallest absolute Gasteiger partial charge is 0.257 e. The quantitative estimate of drug-likeness (QED) is 0.504. The van der Waals surface area contributed by atoms with Crippen molar-refractivity contribution in [3.8, 4) is 0 Å². The number of amides is 1. The van der Waals surface area contributed by atoms with Gasteiger partial charge in [-0.25, -0.2) is 9.37 Å². The first-order chi connectivity index (χ1) is 16.1. The Labute approximate surface area is 189 Å². The third-order valence-electron chi connectivity index (χ3n) is 6.73. The number of carbonyl (C=O) groups excluding carboxylic acids is 1. The third-order valence-corrected chi connectivity index (χ3v) is 6.73. The summed E-state index contributed by atoms with van der Waals surface area (Å²) in [6, 6.07) is 5.62. The molecule has 2 unspecified atom stereocenters. The van der Waals surface area contributed by atoms with Gasteiger partial charge in [-0.15, -0.1) is 0 Å². The number of anilines is 2.